The highest BCUT2D eigenvalue weighted by Gasteiger charge is 2.24. The van der Waals surface area contributed by atoms with Gasteiger partial charge in [0, 0.05) is 62.9 Å². The SMILES string of the molecule is COc1cc(NC(CN(C(=O)O)c2ccncn2)c2ccccn2)cc(OC)c1OCCCN1CCN(C)CC1. The fourth-order valence-electron chi connectivity index (χ4n) is 4.53. The molecule has 12 heteroatoms. The Morgan fingerprint density at radius 2 is 1.82 bits per heavy atom. The lowest BCUT2D eigenvalue weighted by Crippen LogP contribution is -2.44. The van der Waals surface area contributed by atoms with Crippen LogP contribution in [-0.4, -0.2) is 103 Å². The highest BCUT2D eigenvalue weighted by Crippen LogP contribution is 2.41. The van der Waals surface area contributed by atoms with Crippen LogP contribution < -0.4 is 24.4 Å². The number of carbonyl (C=O) groups is 1. The summed E-state index contributed by atoms with van der Waals surface area (Å²) < 4.78 is 17.5. The fourth-order valence-corrected chi connectivity index (χ4v) is 4.53. The van der Waals surface area contributed by atoms with Crippen molar-refractivity contribution in [3.05, 3.63) is 60.8 Å². The van der Waals surface area contributed by atoms with Gasteiger partial charge in [-0.3, -0.25) is 9.88 Å². The molecule has 0 saturated carbocycles. The summed E-state index contributed by atoms with van der Waals surface area (Å²) in [5.74, 6) is 1.80. The maximum atomic E-state index is 12.2. The van der Waals surface area contributed by atoms with Gasteiger partial charge in [0.1, 0.15) is 12.1 Å². The first-order valence-electron chi connectivity index (χ1n) is 13.2. The predicted octanol–water partition coefficient (Wildman–Crippen LogP) is 3.24. The van der Waals surface area contributed by atoms with Gasteiger partial charge in [-0.05, 0) is 31.7 Å². The van der Waals surface area contributed by atoms with E-state index in [2.05, 4.69) is 37.1 Å². The number of benzene rings is 1. The number of aromatic nitrogens is 3. The minimum absolute atomic E-state index is 0.0402. The van der Waals surface area contributed by atoms with Gasteiger partial charge < -0.3 is 34.4 Å². The van der Waals surface area contributed by atoms with Crippen LogP contribution in [-0.2, 0) is 0 Å². The van der Waals surface area contributed by atoms with Crippen molar-refractivity contribution in [2.75, 3.05) is 77.4 Å². The van der Waals surface area contributed by atoms with Gasteiger partial charge in [-0.2, -0.15) is 0 Å². The van der Waals surface area contributed by atoms with Gasteiger partial charge in [0.05, 0.1) is 39.1 Å². The Kier molecular flexibility index (Phi) is 10.3. The van der Waals surface area contributed by atoms with Crippen molar-refractivity contribution < 1.29 is 24.1 Å². The van der Waals surface area contributed by atoms with Crippen LogP contribution in [0.3, 0.4) is 0 Å². The lowest BCUT2D eigenvalue weighted by molar-refractivity contribution is 0.144. The van der Waals surface area contributed by atoms with Gasteiger partial charge in [-0.25, -0.2) is 14.8 Å². The van der Waals surface area contributed by atoms with Gasteiger partial charge in [-0.1, -0.05) is 6.07 Å². The van der Waals surface area contributed by atoms with Crippen LogP contribution >= 0.6 is 0 Å². The monoisotopic (exact) mass is 551 g/mol. The molecule has 1 amide bonds. The first kappa shape index (κ1) is 28.8. The molecule has 1 aromatic carbocycles. The molecule has 1 aliphatic rings. The third-order valence-electron chi connectivity index (χ3n) is 6.75. The molecule has 4 rings (SSSR count). The second kappa shape index (κ2) is 14.3. The molecule has 214 valence electrons. The number of likely N-dealkylation sites (N-methyl/N-ethyl adjacent to an activating group) is 1. The van der Waals surface area contributed by atoms with Crippen LogP contribution in [0.1, 0.15) is 18.2 Å². The second-order valence-electron chi connectivity index (χ2n) is 9.47. The zero-order valence-corrected chi connectivity index (χ0v) is 23.2. The maximum Gasteiger partial charge on any atom is 0.413 e. The topological polar surface area (TPSA) is 125 Å². The van der Waals surface area contributed by atoms with E-state index in [4.69, 9.17) is 14.2 Å². The van der Waals surface area contributed by atoms with E-state index in [0.29, 0.717) is 35.2 Å². The largest absolute Gasteiger partial charge is 0.493 e. The summed E-state index contributed by atoms with van der Waals surface area (Å²) >= 11 is 0. The van der Waals surface area contributed by atoms with E-state index in [1.54, 1.807) is 26.5 Å². The highest BCUT2D eigenvalue weighted by molar-refractivity contribution is 5.84. The smallest absolute Gasteiger partial charge is 0.413 e. The molecule has 0 radical (unpaired) electrons. The Morgan fingerprint density at radius 3 is 2.42 bits per heavy atom. The van der Waals surface area contributed by atoms with Crippen LogP contribution in [0.2, 0.25) is 0 Å². The molecule has 0 aliphatic carbocycles. The molecular weight excluding hydrogens is 514 g/mol. The molecule has 3 aromatic rings. The van der Waals surface area contributed by atoms with E-state index < -0.39 is 12.1 Å². The van der Waals surface area contributed by atoms with Crippen molar-refractivity contribution >= 4 is 17.6 Å². The molecule has 1 atom stereocenters. The molecule has 0 bridgehead atoms. The van der Waals surface area contributed by atoms with Gasteiger partial charge in [0.25, 0.3) is 0 Å². The van der Waals surface area contributed by atoms with Crippen LogP contribution in [0, 0.1) is 0 Å². The average molecular weight is 552 g/mol. The Morgan fingerprint density at radius 1 is 1.07 bits per heavy atom. The van der Waals surface area contributed by atoms with Crippen molar-refractivity contribution in [3.63, 3.8) is 0 Å². The number of rotatable bonds is 13. The lowest BCUT2D eigenvalue weighted by Gasteiger charge is -2.32. The summed E-state index contributed by atoms with van der Waals surface area (Å²) in [7, 11) is 5.30. The third-order valence-corrected chi connectivity index (χ3v) is 6.75. The summed E-state index contributed by atoms with van der Waals surface area (Å²) in [5.41, 5.74) is 1.31. The Labute approximate surface area is 234 Å². The number of hydrogen-bond donors (Lipinski definition) is 2. The number of nitrogens with zero attached hydrogens (tertiary/aromatic N) is 6. The molecule has 2 aromatic heterocycles. The van der Waals surface area contributed by atoms with E-state index in [1.807, 2.05) is 30.3 Å². The molecule has 1 aliphatic heterocycles. The van der Waals surface area contributed by atoms with Crippen LogP contribution in [0.5, 0.6) is 17.2 Å². The number of anilines is 2. The predicted molar refractivity (Wildman–Crippen MR) is 152 cm³/mol. The zero-order valence-electron chi connectivity index (χ0n) is 23.2. The van der Waals surface area contributed by atoms with Crippen LogP contribution in [0.25, 0.3) is 0 Å². The Hall–Kier alpha value is -4.16. The first-order valence-corrected chi connectivity index (χ1v) is 13.2. The van der Waals surface area contributed by atoms with Gasteiger partial charge in [0.15, 0.2) is 11.5 Å². The second-order valence-corrected chi connectivity index (χ2v) is 9.47. The number of amides is 1. The summed E-state index contributed by atoms with van der Waals surface area (Å²) in [6.45, 7) is 5.83. The number of pyridine rings is 1. The Balaban J connectivity index is 1.50. The molecule has 12 nitrogen and oxygen atoms in total. The average Bonchev–Trinajstić information content (AvgIpc) is 2.99. The van der Waals surface area contributed by atoms with E-state index in [0.717, 1.165) is 44.0 Å². The minimum Gasteiger partial charge on any atom is -0.493 e. The van der Waals surface area contributed by atoms with E-state index in [-0.39, 0.29) is 12.4 Å². The Bertz CT molecular complexity index is 1190. The van der Waals surface area contributed by atoms with Gasteiger partial charge in [-0.15, -0.1) is 0 Å². The van der Waals surface area contributed by atoms with Crippen molar-refractivity contribution in [1.29, 1.82) is 0 Å². The number of carboxylic acid groups (broad SMARTS) is 1. The minimum atomic E-state index is -1.14. The van der Waals surface area contributed by atoms with Crippen LogP contribution in [0.4, 0.5) is 16.3 Å². The normalized spacial score (nSPS) is 14.8. The first-order chi connectivity index (χ1) is 19.5. The highest BCUT2D eigenvalue weighted by atomic mass is 16.5. The number of piperazine rings is 1. The van der Waals surface area contributed by atoms with Gasteiger partial charge in [0.2, 0.25) is 5.75 Å². The van der Waals surface area contributed by atoms with Crippen molar-refractivity contribution in [2.45, 2.75) is 12.5 Å². The molecular formula is C28H37N7O5. The molecule has 0 spiro atoms. The van der Waals surface area contributed by atoms with Crippen molar-refractivity contribution in [2.24, 2.45) is 0 Å². The molecule has 1 fully saturated rings. The summed E-state index contributed by atoms with van der Waals surface area (Å²) in [5, 5.41) is 13.3. The molecule has 2 N–H and O–H groups in total. The van der Waals surface area contributed by atoms with Gasteiger partial charge >= 0.3 is 6.09 Å². The molecule has 1 unspecified atom stereocenters. The zero-order chi connectivity index (χ0) is 28.3. The quantitative estimate of drug-likeness (QED) is 0.304. The number of hydrogen-bond acceptors (Lipinski definition) is 10. The number of methoxy groups -OCH3 is 2. The van der Waals surface area contributed by atoms with E-state index in [9.17, 15) is 9.90 Å². The molecule has 3 heterocycles. The summed E-state index contributed by atoms with van der Waals surface area (Å²) in [6, 6.07) is 10.1. The number of nitrogens with one attached hydrogen (secondary N) is 1. The van der Waals surface area contributed by atoms with E-state index >= 15 is 0 Å². The standard InChI is InChI=1S/C28H37N7O5/c1-33-12-14-34(15-13-33)11-6-16-40-27-24(38-2)17-21(18-25(27)39-3)32-23(22-7-4-5-9-30-22)19-35(28(36)37)26-8-10-29-20-31-26/h4-5,7-10,17-18,20,23,32H,6,11-16,19H2,1-3H3,(H,36,37). The third kappa shape index (κ3) is 7.70. The fraction of sp³-hybridized carbons (Fsp3) is 0.429. The number of ether oxygens (including phenoxy) is 3. The van der Waals surface area contributed by atoms with Crippen molar-refractivity contribution in [3.8, 4) is 17.2 Å². The van der Waals surface area contributed by atoms with E-state index in [1.165, 1.54) is 12.5 Å². The molecule has 1 saturated heterocycles. The molecule has 40 heavy (non-hydrogen) atoms. The van der Waals surface area contributed by atoms with Crippen LogP contribution in [0.15, 0.2) is 55.1 Å². The lowest BCUT2D eigenvalue weighted by atomic mass is 10.1. The maximum absolute atomic E-state index is 12.2. The summed E-state index contributed by atoms with van der Waals surface area (Å²) in [6.07, 6.45) is 4.22. The van der Waals surface area contributed by atoms with Crippen molar-refractivity contribution in [1.82, 2.24) is 24.8 Å². The summed E-state index contributed by atoms with van der Waals surface area (Å²) in [4.78, 5) is 30.6.